The first-order chi connectivity index (χ1) is 5.74. The van der Waals surface area contributed by atoms with Crippen LogP contribution in [0.2, 0.25) is 0 Å². The lowest BCUT2D eigenvalue weighted by molar-refractivity contribution is 0.545. The van der Waals surface area contributed by atoms with Crippen molar-refractivity contribution in [3.8, 4) is 0 Å². The van der Waals surface area contributed by atoms with Crippen molar-refractivity contribution in [3.05, 3.63) is 12.3 Å². The molecule has 0 heterocycles. The van der Waals surface area contributed by atoms with Gasteiger partial charge in [-0.3, -0.25) is 4.99 Å². The molecule has 0 bridgehead atoms. The highest BCUT2D eigenvalue weighted by Gasteiger charge is 2.11. The highest BCUT2D eigenvalue weighted by molar-refractivity contribution is 5.69. The van der Waals surface area contributed by atoms with Crippen molar-refractivity contribution in [3.63, 3.8) is 0 Å². The minimum absolute atomic E-state index is 0.0846. The Morgan fingerprint density at radius 1 is 1.46 bits per heavy atom. The predicted molar refractivity (Wildman–Crippen MR) is 58.7 cm³/mol. The van der Waals surface area contributed by atoms with Crippen LogP contribution in [-0.4, -0.2) is 17.8 Å². The molecule has 0 saturated heterocycles. The lowest BCUT2D eigenvalue weighted by Gasteiger charge is -2.16. The number of rotatable bonds is 4. The molecule has 0 rings (SSSR count). The molecule has 76 valence electrons. The number of nitrogens with two attached hydrogens (primary N) is 2. The van der Waals surface area contributed by atoms with E-state index in [4.69, 9.17) is 11.5 Å². The number of hydrogen-bond acceptors (Lipinski definition) is 3. The van der Waals surface area contributed by atoms with Crippen LogP contribution in [0.15, 0.2) is 17.3 Å². The van der Waals surface area contributed by atoms with Crippen molar-refractivity contribution in [2.75, 3.05) is 0 Å². The Balaban J connectivity index is 4.24. The van der Waals surface area contributed by atoms with Gasteiger partial charge in [0.15, 0.2) is 0 Å². The third kappa shape index (κ3) is 5.55. The summed E-state index contributed by atoms with van der Waals surface area (Å²) in [7, 11) is 0. The minimum Gasteiger partial charge on any atom is -0.322 e. The van der Waals surface area contributed by atoms with E-state index >= 15 is 0 Å². The third-order valence-electron chi connectivity index (χ3n) is 1.67. The zero-order chi connectivity index (χ0) is 10.6. The van der Waals surface area contributed by atoms with Gasteiger partial charge in [-0.15, -0.1) is 0 Å². The van der Waals surface area contributed by atoms with Crippen LogP contribution in [-0.2, 0) is 0 Å². The third-order valence-corrected chi connectivity index (χ3v) is 1.67. The predicted octanol–water partition coefficient (Wildman–Crippen LogP) is 1.29. The Bertz CT molecular complexity index is 199. The van der Waals surface area contributed by atoms with Gasteiger partial charge in [0.25, 0.3) is 0 Å². The summed E-state index contributed by atoms with van der Waals surface area (Å²) in [4.78, 5) is 4.15. The van der Waals surface area contributed by atoms with E-state index in [0.29, 0.717) is 11.6 Å². The van der Waals surface area contributed by atoms with E-state index in [-0.39, 0.29) is 6.04 Å². The van der Waals surface area contributed by atoms with E-state index in [1.807, 2.05) is 27.7 Å². The summed E-state index contributed by atoms with van der Waals surface area (Å²) in [6.07, 6.45) is 1.68. The Hall–Kier alpha value is -0.670. The smallest absolute Gasteiger partial charge is 0.0498 e. The van der Waals surface area contributed by atoms with Gasteiger partial charge < -0.3 is 11.5 Å². The van der Waals surface area contributed by atoms with Crippen molar-refractivity contribution >= 4 is 6.21 Å². The van der Waals surface area contributed by atoms with E-state index in [2.05, 4.69) is 11.6 Å². The summed E-state index contributed by atoms with van der Waals surface area (Å²) in [5.74, 6) is 0.352. The van der Waals surface area contributed by atoms with Gasteiger partial charge in [0.1, 0.15) is 0 Å². The summed E-state index contributed by atoms with van der Waals surface area (Å²) in [6, 6.07) is -0.0846. The van der Waals surface area contributed by atoms with Crippen molar-refractivity contribution in [1.82, 2.24) is 0 Å². The second-order valence-electron chi connectivity index (χ2n) is 4.34. The van der Waals surface area contributed by atoms with E-state index in [1.165, 1.54) is 0 Å². The van der Waals surface area contributed by atoms with Gasteiger partial charge in [-0.05, 0) is 19.8 Å². The monoisotopic (exact) mass is 183 g/mol. The molecule has 0 aliphatic carbocycles. The van der Waals surface area contributed by atoms with E-state index in [9.17, 15) is 0 Å². The first-order valence-electron chi connectivity index (χ1n) is 4.52. The Labute approximate surface area is 80.9 Å². The van der Waals surface area contributed by atoms with Gasteiger partial charge in [-0.25, -0.2) is 0 Å². The standard InChI is InChI=1S/C10H21N3/c1-7(2)9(11)8(3)13-6-10(4,5)12/h6-7,9H,3,11-12H2,1-2,4-5H3/t9-/m0/s1. The van der Waals surface area contributed by atoms with Crippen LogP contribution < -0.4 is 11.5 Å². The quantitative estimate of drug-likeness (QED) is 0.645. The lowest BCUT2D eigenvalue weighted by atomic mass is 10.0. The van der Waals surface area contributed by atoms with Crippen molar-refractivity contribution in [2.45, 2.75) is 39.3 Å². The minimum atomic E-state index is -0.403. The lowest BCUT2D eigenvalue weighted by Crippen LogP contribution is -2.34. The number of nitrogens with zero attached hydrogens (tertiary/aromatic N) is 1. The Morgan fingerprint density at radius 2 is 1.92 bits per heavy atom. The molecular formula is C10H21N3. The van der Waals surface area contributed by atoms with Crippen LogP contribution >= 0.6 is 0 Å². The highest BCUT2D eigenvalue weighted by Crippen LogP contribution is 2.08. The van der Waals surface area contributed by atoms with Crippen LogP contribution in [0.25, 0.3) is 0 Å². The van der Waals surface area contributed by atoms with Crippen molar-refractivity contribution in [2.24, 2.45) is 22.4 Å². The van der Waals surface area contributed by atoms with Crippen molar-refractivity contribution < 1.29 is 0 Å². The van der Waals surface area contributed by atoms with Crippen LogP contribution in [0.1, 0.15) is 27.7 Å². The number of aliphatic imine (C=N–C) groups is 1. The fourth-order valence-corrected chi connectivity index (χ4v) is 0.720. The van der Waals surface area contributed by atoms with Gasteiger partial charge in [0.2, 0.25) is 0 Å². The maximum absolute atomic E-state index is 5.84. The summed E-state index contributed by atoms with van der Waals surface area (Å²) < 4.78 is 0. The van der Waals surface area contributed by atoms with E-state index < -0.39 is 5.54 Å². The fraction of sp³-hybridized carbons (Fsp3) is 0.700. The molecule has 3 nitrogen and oxygen atoms in total. The fourth-order valence-electron chi connectivity index (χ4n) is 0.720. The van der Waals surface area contributed by atoms with Crippen LogP contribution in [0.3, 0.4) is 0 Å². The molecule has 0 aromatic rings. The summed E-state index contributed by atoms with van der Waals surface area (Å²) >= 11 is 0. The SMILES string of the molecule is C=C(N=CC(C)(C)N)[C@@H](N)C(C)C. The topological polar surface area (TPSA) is 64.4 Å². The highest BCUT2D eigenvalue weighted by atomic mass is 14.9. The Morgan fingerprint density at radius 3 is 2.23 bits per heavy atom. The summed E-state index contributed by atoms with van der Waals surface area (Å²) in [5, 5.41) is 0. The van der Waals surface area contributed by atoms with Gasteiger partial charge in [0, 0.05) is 23.5 Å². The number of hydrogen-bond donors (Lipinski definition) is 2. The molecule has 1 atom stereocenters. The summed E-state index contributed by atoms with van der Waals surface area (Å²) in [6.45, 7) is 11.6. The second kappa shape index (κ2) is 4.53. The van der Waals surface area contributed by atoms with Gasteiger partial charge in [-0.2, -0.15) is 0 Å². The molecule has 0 spiro atoms. The molecule has 0 radical (unpaired) electrons. The molecule has 0 amide bonds. The van der Waals surface area contributed by atoms with Crippen LogP contribution in [0, 0.1) is 5.92 Å². The molecule has 3 heteroatoms. The second-order valence-corrected chi connectivity index (χ2v) is 4.34. The zero-order valence-electron chi connectivity index (χ0n) is 9.04. The molecule has 0 saturated carbocycles. The molecule has 4 N–H and O–H groups in total. The first-order valence-corrected chi connectivity index (χ1v) is 4.52. The first kappa shape index (κ1) is 12.3. The van der Waals surface area contributed by atoms with Gasteiger partial charge in [0.05, 0.1) is 0 Å². The average Bonchev–Trinajstić information content (AvgIpc) is 1.97. The Kier molecular flexibility index (Phi) is 4.30. The molecule has 13 heavy (non-hydrogen) atoms. The maximum atomic E-state index is 5.84. The van der Waals surface area contributed by atoms with Gasteiger partial charge in [-0.1, -0.05) is 20.4 Å². The molecule has 0 unspecified atom stereocenters. The van der Waals surface area contributed by atoms with Crippen LogP contribution in [0.5, 0.6) is 0 Å². The van der Waals surface area contributed by atoms with Crippen LogP contribution in [0.4, 0.5) is 0 Å². The van der Waals surface area contributed by atoms with Crippen molar-refractivity contribution in [1.29, 1.82) is 0 Å². The summed E-state index contributed by atoms with van der Waals surface area (Å²) in [5.41, 5.74) is 11.8. The molecular weight excluding hydrogens is 162 g/mol. The molecule has 0 fully saturated rings. The normalized spacial score (nSPS) is 15.3. The average molecular weight is 183 g/mol. The molecule has 0 aromatic heterocycles. The van der Waals surface area contributed by atoms with E-state index in [1.54, 1.807) is 6.21 Å². The van der Waals surface area contributed by atoms with E-state index in [0.717, 1.165) is 0 Å². The molecule has 0 aromatic carbocycles. The zero-order valence-corrected chi connectivity index (χ0v) is 9.04. The molecule has 0 aliphatic heterocycles. The molecule has 0 aliphatic rings. The van der Waals surface area contributed by atoms with Gasteiger partial charge >= 0.3 is 0 Å². The maximum Gasteiger partial charge on any atom is 0.0498 e. The largest absolute Gasteiger partial charge is 0.322 e.